The van der Waals surface area contributed by atoms with E-state index in [9.17, 15) is 0 Å². The molecule has 0 saturated heterocycles. The average Bonchev–Trinajstić information content (AvgIpc) is 2.42. The normalized spacial score (nSPS) is 12.3. The van der Waals surface area contributed by atoms with Crippen molar-refractivity contribution in [1.29, 1.82) is 0 Å². The van der Waals surface area contributed by atoms with Gasteiger partial charge in [0, 0.05) is 15.1 Å². The SMILES string of the molecule is COc1c(C)cc(Br)c(C)c1C(Cl)c1ccc(Cl)cc1. The van der Waals surface area contributed by atoms with Crippen molar-refractivity contribution >= 4 is 39.1 Å². The van der Waals surface area contributed by atoms with E-state index < -0.39 is 0 Å². The summed E-state index contributed by atoms with van der Waals surface area (Å²) in [5.41, 5.74) is 4.13. The van der Waals surface area contributed by atoms with Gasteiger partial charge in [0.05, 0.1) is 12.5 Å². The van der Waals surface area contributed by atoms with Crippen molar-refractivity contribution in [2.75, 3.05) is 7.11 Å². The van der Waals surface area contributed by atoms with E-state index in [-0.39, 0.29) is 5.38 Å². The lowest BCUT2D eigenvalue weighted by atomic mass is 9.96. The molecule has 0 aromatic heterocycles. The predicted octanol–water partition coefficient (Wildman–Crippen LogP) is 6.06. The smallest absolute Gasteiger partial charge is 0.127 e. The Kier molecular flexibility index (Phi) is 5.00. The number of ether oxygens (including phenoxy) is 1. The Balaban J connectivity index is 2.58. The van der Waals surface area contributed by atoms with E-state index in [1.54, 1.807) is 7.11 Å². The van der Waals surface area contributed by atoms with Gasteiger partial charge in [-0.2, -0.15) is 0 Å². The van der Waals surface area contributed by atoms with Gasteiger partial charge in [0.15, 0.2) is 0 Å². The first-order valence-corrected chi connectivity index (χ1v) is 7.79. The number of hydrogen-bond donors (Lipinski definition) is 0. The molecule has 0 heterocycles. The van der Waals surface area contributed by atoms with Crippen LogP contribution in [0.3, 0.4) is 0 Å². The van der Waals surface area contributed by atoms with Crippen LogP contribution in [0.5, 0.6) is 5.75 Å². The Hall–Kier alpha value is -0.700. The quantitative estimate of drug-likeness (QED) is 0.594. The molecule has 106 valence electrons. The summed E-state index contributed by atoms with van der Waals surface area (Å²) in [4.78, 5) is 0. The Morgan fingerprint density at radius 2 is 1.75 bits per heavy atom. The molecule has 0 fully saturated rings. The highest BCUT2D eigenvalue weighted by molar-refractivity contribution is 9.10. The van der Waals surface area contributed by atoms with Crippen LogP contribution >= 0.6 is 39.1 Å². The van der Waals surface area contributed by atoms with E-state index >= 15 is 0 Å². The number of methoxy groups -OCH3 is 1. The third-order valence-electron chi connectivity index (χ3n) is 3.33. The van der Waals surface area contributed by atoms with Gasteiger partial charge in [-0.25, -0.2) is 0 Å². The zero-order chi connectivity index (χ0) is 14.9. The van der Waals surface area contributed by atoms with Crippen molar-refractivity contribution in [1.82, 2.24) is 0 Å². The lowest BCUT2D eigenvalue weighted by molar-refractivity contribution is 0.406. The minimum absolute atomic E-state index is 0.279. The number of alkyl halides is 1. The van der Waals surface area contributed by atoms with E-state index in [1.807, 2.05) is 44.2 Å². The summed E-state index contributed by atoms with van der Waals surface area (Å²) in [6.07, 6.45) is 0. The first-order valence-electron chi connectivity index (χ1n) is 6.18. The molecule has 1 nitrogen and oxygen atoms in total. The summed E-state index contributed by atoms with van der Waals surface area (Å²) in [6, 6.07) is 9.62. The fraction of sp³-hybridized carbons (Fsp3) is 0.250. The molecule has 4 heteroatoms. The van der Waals surface area contributed by atoms with Crippen LogP contribution < -0.4 is 4.74 Å². The van der Waals surface area contributed by atoms with Gasteiger partial charge >= 0.3 is 0 Å². The van der Waals surface area contributed by atoms with Gasteiger partial charge < -0.3 is 4.74 Å². The van der Waals surface area contributed by atoms with E-state index in [2.05, 4.69) is 15.9 Å². The highest BCUT2D eigenvalue weighted by Crippen LogP contribution is 2.42. The lowest BCUT2D eigenvalue weighted by Gasteiger charge is -2.20. The number of aryl methyl sites for hydroxylation is 1. The molecule has 0 amide bonds. The van der Waals surface area contributed by atoms with E-state index in [1.165, 1.54) is 0 Å². The first-order chi connectivity index (χ1) is 9.45. The van der Waals surface area contributed by atoms with E-state index in [0.29, 0.717) is 5.02 Å². The predicted molar refractivity (Wildman–Crippen MR) is 89.3 cm³/mol. The molecule has 1 atom stereocenters. The molecule has 2 aromatic carbocycles. The van der Waals surface area contributed by atoms with Crippen molar-refractivity contribution in [3.05, 3.63) is 62.1 Å². The lowest BCUT2D eigenvalue weighted by Crippen LogP contribution is -2.03. The molecule has 0 aliphatic heterocycles. The molecule has 0 bridgehead atoms. The molecular weight excluding hydrogens is 359 g/mol. The molecule has 1 unspecified atom stereocenters. The van der Waals surface area contributed by atoms with Crippen LogP contribution in [0.15, 0.2) is 34.8 Å². The van der Waals surface area contributed by atoms with Crippen molar-refractivity contribution in [3.8, 4) is 5.75 Å². The summed E-state index contributed by atoms with van der Waals surface area (Å²) >= 11 is 16.2. The Morgan fingerprint density at radius 3 is 2.30 bits per heavy atom. The third-order valence-corrected chi connectivity index (χ3v) is 4.87. The highest BCUT2D eigenvalue weighted by atomic mass is 79.9. The number of hydrogen-bond acceptors (Lipinski definition) is 1. The van der Waals surface area contributed by atoms with Crippen LogP contribution in [0.25, 0.3) is 0 Å². The number of rotatable bonds is 3. The second-order valence-corrected chi connectivity index (χ2v) is 6.39. The van der Waals surface area contributed by atoms with Gasteiger partial charge in [-0.05, 0) is 48.7 Å². The van der Waals surface area contributed by atoms with Crippen molar-refractivity contribution in [3.63, 3.8) is 0 Å². The number of halogens is 3. The summed E-state index contributed by atoms with van der Waals surface area (Å²) in [5.74, 6) is 0.834. The molecule has 2 rings (SSSR count). The van der Waals surface area contributed by atoms with Crippen LogP contribution in [-0.2, 0) is 0 Å². The maximum Gasteiger partial charge on any atom is 0.127 e. The zero-order valence-electron chi connectivity index (χ0n) is 11.5. The van der Waals surface area contributed by atoms with E-state index in [0.717, 1.165) is 32.5 Å². The highest BCUT2D eigenvalue weighted by Gasteiger charge is 2.21. The maximum atomic E-state index is 6.67. The standard InChI is InChI=1S/C16H15BrCl2O/c1-9-8-13(17)10(2)14(16(9)20-3)15(19)11-4-6-12(18)7-5-11/h4-8,15H,1-3H3. The number of benzene rings is 2. The molecule has 20 heavy (non-hydrogen) atoms. The zero-order valence-corrected chi connectivity index (χ0v) is 14.6. The minimum atomic E-state index is -0.279. The Bertz CT molecular complexity index is 623. The molecule has 2 aromatic rings. The largest absolute Gasteiger partial charge is 0.496 e. The second kappa shape index (κ2) is 6.38. The van der Waals surface area contributed by atoms with Gasteiger partial charge in [-0.1, -0.05) is 39.7 Å². The molecule has 0 radical (unpaired) electrons. The fourth-order valence-electron chi connectivity index (χ4n) is 2.25. The topological polar surface area (TPSA) is 9.23 Å². The van der Waals surface area contributed by atoms with Crippen LogP contribution in [0.4, 0.5) is 0 Å². The summed E-state index contributed by atoms with van der Waals surface area (Å²) < 4.78 is 6.58. The van der Waals surface area contributed by atoms with Gasteiger partial charge in [-0.15, -0.1) is 11.6 Å². The third kappa shape index (κ3) is 2.98. The fourth-order valence-corrected chi connectivity index (χ4v) is 3.34. The average molecular weight is 374 g/mol. The molecular formula is C16H15BrCl2O. The van der Waals surface area contributed by atoms with E-state index in [4.69, 9.17) is 27.9 Å². The van der Waals surface area contributed by atoms with Crippen molar-refractivity contribution in [2.45, 2.75) is 19.2 Å². The van der Waals surface area contributed by atoms with Crippen molar-refractivity contribution < 1.29 is 4.74 Å². The van der Waals surface area contributed by atoms with Gasteiger partial charge in [0.25, 0.3) is 0 Å². The van der Waals surface area contributed by atoms with Crippen LogP contribution in [-0.4, -0.2) is 7.11 Å². The molecule has 0 N–H and O–H groups in total. The van der Waals surface area contributed by atoms with Gasteiger partial charge in [0.2, 0.25) is 0 Å². The molecule has 0 aliphatic rings. The summed E-state index contributed by atoms with van der Waals surface area (Å²) in [7, 11) is 1.67. The Morgan fingerprint density at radius 1 is 1.15 bits per heavy atom. The van der Waals surface area contributed by atoms with Crippen LogP contribution in [0, 0.1) is 13.8 Å². The van der Waals surface area contributed by atoms with Gasteiger partial charge in [0.1, 0.15) is 5.75 Å². The summed E-state index contributed by atoms with van der Waals surface area (Å²) in [6.45, 7) is 4.05. The molecule has 0 aliphatic carbocycles. The van der Waals surface area contributed by atoms with Crippen molar-refractivity contribution in [2.24, 2.45) is 0 Å². The van der Waals surface area contributed by atoms with Crippen LogP contribution in [0.1, 0.15) is 27.6 Å². The first kappa shape index (κ1) is 15.7. The Labute approximate surface area is 138 Å². The monoisotopic (exact) mass is 372 g/mol. The second-order valence-electron chi connectivity index (χ2n) is 4.66. The minimum Gasteiger partial charge on any atom is -0.496 e. The maximum absolute atomic E-state index is 6.67. The van der Waals surface area contributed by atoms with Crippen LogP contribution in [0.2, 0.25) is 5.02 Å². The summed E-state index contributed by atoms with van der Waals surface area (Å²) in [5, 5.41) is 0.421. The van der Waals surface area contributed by atoms with Gasteiger partial charge in [-0.3, -0.25) is 0 Å². The molecule has 0 saturated carbocycles. The molecule has 0 spiro atoms.